The zero-order valence-electron chi connectivity index (χ0n) is 14.5. The number of ether oxygens (including phenoxy) is 2. The Morgan fingerprint density at radius 1 is 0.538 bits per heavy atom. The molecule has 0 aliphatic carbocycles. The molecule has 3 aromatic carbocycles. The van der Waals surface area contributed by atoms with Gasteiger partial charge in [-0.3, -0.25) is 0 Å². The van der Waals surface area contributed by atoms with Crippen LogP contribution in [0.4, 0.5) is 0 Å². The summed E-state index contributed by atoms with van der Waals surface area (Å²) in [5, 5.41) is 6.37. The first-order chi connectivity index (χ1) is 12.8. The maximum atomic E-state index is 5.60. The highest BCUT2D eigenvalue weighted by Gasteiger charge is 2.16. The van der Waals surface area contributed by atoms with Crippen molar-refractivity contribution >= 4 is 43.4 Å². The van der Waals surface area contributed by atoms with E-state index in [9.17, 15) is 0 Å². The predicted octanol–water partition coefficient (Wildman–Crippen LogP) is 5.11. The van der Waals surface area contributed by atoms with Crippen LogP contribution >= 0.6 is 0 Å². The Kier molecular flexibility index (Phi) is 3.19. The first-order valence-electron chi connectivity index (χ1n) is 8.43. The zero-order chi connectivity index (χ0) is 17.7. The van der Waals surface area contributed by atoms with Crippen LogP contribution in [0.25, 0.3) is 43.4 Å². The van der Waals surface area contributed by atoms with Gasteiger partial charge in [-0.15, -0.1) is 0 Å². The molecule has 0 spiro atoms. The molecule has 2 aromatic heterocycles. The van der Waals surface area contributed by atoms with Gasteiger partial charge in [0.25, 0.3) is 0 Å². The quantitative estimate of drug-likeness (QED) is 0.419. The number of fused-ring (bicyclic) bond motifs is 7. The molecule has 2 heterocycles. The molecule has 0 radical (unpaired) electrons. The molecule has 0 aliphatic rings. The third-order valence-electron chi connectivity index (χ3n) is 4.84. The first-order valence-corrected chi connectivity index (χ1v) is 8.43. The van der Waals surface area contributed by atoms with E-state index in [1.807, 2.05) is 48.5 Å². The molecule has 5 aromatic rings. The van der Waals surface area contributed by atoms with E-state index < -0.39 is 0 Å². The molecule has 126 valence electrons. The number of para-hydroxylation sites is 2. The summed E-state index contributed by atoms with van der Waals surface area (Å²) in [5.41, 5.74) is 1.81. The Balaban J connectivity index is 2.18. The number of methoxy groups -OCH3 is 2. The molecule has 0 bridgehead atoms. The molecule has 0 fully saturated rings. The molecule has 0 saturated heterocycles. The molecule has 0 amide bonds. The lowest BCUT2D eigenvalue weighted by molar-refractivity contribution is 0.404. The van der Waals surface area contributed by atoms with Gasteiger partial charge in [0.1, 0.15) is 0 Å². The minimum atomic E-state index is 0.625. The molecule has 4 heteroatoms. The van der Waals surface area contributed by atoms with Crippen molar-refractivity contribution in [3.05, 3.63) is 60.7 Å². The van der Waals surface area contributed by atoms with E-state index in [1.54, 1.807) is 14.2 Å². The summed E-state index contributed by atoms with van der Waals surface area (Å²) >= 11 is 0. The van der Waals surface area contributed by atoms with Crippen molar-refractivity contribution in [3.8, 4) is 11.8 Å². The third-order valence-corrected chi connectivity index (χ3v) is 4.84. The van der Waals surface area contributed by atoms with Crippen molar-refractivity contribution < 1.29 is 9.47 Å². The van der Waals surface area contributed by atoms with Crippen molar-refractivity contribution in [1.82, 2.24) is 9.97 Å². The lowest BCUT2D eigenvalue weighted by Crippen LogP contribution is -1.95. The second kappa shape index (κ2) is 5.56. The normalized spacial score (nSPS) is 11.5. The summed E-state index contributed by atoms with van der Waals surface area (Å²) in [7, 11) is 3.32. The van der Waals surface area contributed by atoms with Crippen molar-refractivity contribution in [1.29, 1.82) is 0 Å². The Labute approximate surface area is 150 Å². The fraction of sp³-hybridized carbons (Fsp3) is 0.0909. The summed E-state index contributed by atoms with van der Waals surface area (Å²) in [6.07, 6.45) is 0. The average molecular weight is 340 g/mol. The summed E-state index contributed by atoms with van der Waals surface area (Å²) in [6, 6.07) is 20.4. The SMILES string of the molecule is COc1nc2ccccc2c2c1ccc1c(OC)nc3ccccc3c12. The van der Waals surface area contributed by atoms with Crippen LogP contribution in [0.2, 0.25) is 0 Å². The summed E-state index contributed by atoms with van der Waals surface area (Å²) in [4.78, 5) is 9.36. The Morgan fingerprint density at radius 2 is 0.962 bits per heavy atom. The second-order valence-corrected chi connectivity index (χ2v) is 6.19. The third kappa shape index (κ3) is 1.96. The highest BCUT2D eigenvalue weighted by molar-refractivity contribution is 6.28. The first kappa shape index (κ1) is 14.9. The van der Waals surface area contributed by atoms with Crippen LogP contribution in [0.15, 0.2) is 60.7 Å². The van der Waals surface area contributed by atoms with Gasteiger partial charge in [0.2, 0.25) is 11.8 Å². The van der Waals surface area contributed by atoms with Gasteiger partial charge in [-0.1, -0.05) is 36.4 Å². The number of hydrogen-bond donors (Lipinski definition) is 0. The number of aromatic nitrogens is 2. The van der Waals surface area contributed by atoms with Crippen LogP contribution in [0.5, 0.6) is 11.8 Å². The van der Waals surface area contributed by atoms with Gasteiger partial charge in [-0.25, -0.2) is 9.97 Å². The molecule has 26 heavy (non-hydrogen) atoms. The Hall–Kier alpha value is -3.40. The molecule has 0 N–H and O–H groups in total. The van der Waals surface area contributed by atoms with E-state index in [0.717, 1.165) is 43.4 Å². The van der Waals surface area contributed by atoms with Crippen LogP contribution in [0.3, 0.4) is 0 Å². The summed E-state index contributed by atoms with van der Waals surface area (Å²) in [6.45, 7) is 0. The van der Waals surface area contributed by atoms with Crippen LogP contribution in [0.1, 0.15) is 0 Å². The van der Waals surface area contributed by atoms with Gasteiger partial charge >= 0.3 is 0 Å². The molecule has 0 unspecified atom stereocenters. The number of pyridine rings is 2. The fourth-order valence-corrected chi connectivity index (χ4v) is 3.73. The maximum absolute atomic E-state index is 5.60. The summed E-state index contributed by atoms with van der Waals surface area (Å²) in [5.74, 6) is 1.25. The van der Waals surface area contributed by atoms with Gasteiger partial charge in [0.15, 0.2) is 0 Å². The molecule has 0 aliphatic heterocycles. The standard InChI is InChI=1S/C22H16N2O2/c1-25-21-15-11-12-16-20(19(15)13-7-3-5-9-17(13)23-21)14-8-4-6-10-18(14)24-22(16)26-2/h3-12H,1-2H3. The molecular formula is C22H16N2O2. The van der Waals surface area contributed by atoms with Gasteiger partial charge in [0, 0.05) is 32.3 Å². The van der Waals surface area contributed by atoms with E-state index in [1.165, 1.54) is 0 Å². The lowest BCUT2D eigenvalue weighted by atomic mass is 9.96. The monoisotopic (exact) mass is 340 g/mol. The number of benzene rings is 3. The lowest BCUT2D eigenvalue weighted by Gasteiger charge is -2.14. The van der Waals surface area contributed by atoms with Crippen LogP contribution < -0.4 is 9.47 Å². The van der Waals surface area contributed by atoms with E-state index >= 15 is 0 Å². The van der Waals surface area contributed by atoms with Crippen molar-refractivity contribution in [2.75, 3.05) is 14.2 Å². The zero-order valence-corrected chi connectivity index (χ0v) is 14.5. The Morgan fingerprint density at radius 3 is 1.38 bits per heavy atom. The number of nitrogens with zero attached hydrogens (tertiary/aromatic N) is 2. The van der Waals surface area contributed by atoms with E-state index in [0.29, 0.717) is 11.8 Å². The second-order valence-electron chi connectivity index (χ2n) is 6.19. The molecular weight excluding hydrogens is 324 g/mol. The smallest absolute Gasteiger partial charge is 0.221 e. The minimum absolute atomic E-state index is 0.625. The largest absolute Gasteiger partial charge is 0.481 e. The van der Waals surface area contributed by atoms with Gasteiger partial charge in [-0.2, -0.15) is 0 Å². The highest BCUT2D eigenvalue weighted by Crippen LogP contribution is 2.41. The predicted molar refractivity (Wildman–Crippen MR) is 105 cm³/mol. The number of rotatable bonds is 2. The molecule has 4 nitrogen and oxygen atoms in total. The van der Waals surface area contributed by atoms with Crippen LogP contribution in [-0.4, -0.2) is 24.2 Å². The van der Waals surface area contributed by atoms with E-state index in [4.69, 9.17) is 9.47 Å². The van der Waals surface area contributed by atoms with Crippen molar-refractivity contribution in [3.63, 3.8) is 0 Å². The van der Waals surface area contributed by atoms with Crippen molar-refractivity contribution in [2.45, 2.75) is 0 Å². The molecule has 0 saturated carbocycles. The van der Waals surface area contributed by atoms with Gasteiger partial charge in [-0.05, 0) is 24.3 Å². The Bertz CT molecular complexity index is 1210. The van der Waals surface area contributed by atoms with Gasteiger partial charge in [0.05, 0.1) is 25.3 Å². The topological polar surface area (TPSA) is 44.2 Å². The summed E-state index contributed by atoms with van der Waals surface area (Å²) < 4.78 is 11.2. The fourth-order valence-electron chi connectivity index (χ4n) is 3.73. The van der Waals surface area contributed by atoms with E-state index in [-0.39, 0.29) is 0 Å². The maximum Gasteiger partial charge on any atom is 0.221 e. The van der Waals surface area contributed by atoms with E-state index in [2.05, 4.69) is 22.1 Å². The van der Waals surface area contributed by atoms with Crippen molar-refractivity contribution in [2.24, 2.45) is 0 Å². The molecule has 5 rings (SSSR count). The average Bonchev–Trinajstić information content (AvgIpc) is 2.71. The van der Waals surface area contributed by atoms with Gasteiger partial charge < -0.3 is 9.47 Å². The highest BCUT2D eigenvalue weighted by atomic mass is 16.5. The van der Waals surface area contributed by atoms with Crippen LogP contribution in [-0.2, 0) is 0 Å². The minimum Gasteiger partial charge on any atom is -0.481 e. The number of hydrogen-bond acceptors (Lipinski definition) is 4. The molecule has 0 atom stereocenters. The van der Waals surface area contributed by atoms with Crippen LogP contribution in [0, 0.1) is 0 Å².